The van der Waals surface area contributed by atoms with Gasteiger partial charge < -0.3 is 0 Å². The Morgan fingerprint density at radius 1 is 1.13 bits per heavy atom. The Hall–Kier alpha value is -0.540. The molecule has 4 heteroatoms. The molecule has 0 heterocycles. The van der Waals surface area contributed by atoms with Crippen LogP contribution in [0.2, 0.25) is 0 Å². The summed E-state index contributed by atoms with van der Waals surface area (Å²) in [5, 5.41) is 0. The Kier molecular flexibility index (Phi) is 6.61. The predicted octanol–water partition coefficient (Wildman–Crippen LogP) is 3.59. The molecular formula is C11H17ClO2S. The van der Waals surface area contributed by atoms with Gasteiger partial charge in [0.2, 0.25) is 0 Å². The van der Waals surface area contributed by atoms with Gasteiger partial charge in [0, 0.05) is 10.7 Å². The minimum Gasteiger partial charge on any atom is -0.207 e. The number of aryl methyl sites for hydroxylation is 1. The largest absolute Gasteiger partial charge is 0.261 e. The van der Waals surface area contributed by atoms with Crippen LogP contribution in [-0.4, -0.2) is 8.42 Å². The van der Waals surface area contributed by atoms with Crippen LogP contribution < -0.4 is 0 Å². The number of hydrogen-bond donors (Lipinski definition) is 0. The Morgan fingerprint density at radius 2 is 1.60 bits per heavy atom. The molecule has 86 valence electrons. The van der Waals surface area contributed by atoms with Gasteiger partial charge in [-0.3, -0.25) is 0 Å². The van der Waals surface area contributed by atoms with Crippen molar-refractivity contribution in [3.05, 3.63) is 29.8 Å². The average molecular weight is 249 g/mol. The average Bonchev–Trinajstić information content (AvgIpc) is 2.21. The first-order chi connectivity index (χ1) is 7.04. The van der Waals surface area contributed by atoms with E-state index in [1.54, 1.807) is 12.1 Å². The molecule has 0 aromatic heterocycles. The summed E-state index contributed by atoms with van der Waals surface area (Å²) in [5.41, 5.74) is 1.13. The van der Waals surface area contributed by atoms with Crippen molar-refractivity contribution < 1.29 is 8.42 Å². The molecule has 0 aliphatic carbocycles. The van der Waals surface area contributed by atoms with E-state index < -0.39 is 9.05 Å². The van der Waals surface area contributed by atoms with Gasteiger partial charge in [-0.25, -0.2) is 8.42 Å². The lowest BCUT2D eigenvalue weighted by molar-refractivity contribution is 0.609. The molecule has 0 amide bonds. The van der Waals surface area contributed by atoms with E-state index in [1.807, 2.05) is 13.8 Å². The standard InChI is InChI=1S/C9H11ClO2S.C2H6/c1-2-3-8-4-6-9(7-5-8)13(10,11)12;1-2/h4-7H,2-3H2,1H3;1-2H3. The molecule has 1 rings (SSSR count). The molecule has 0 saturated heterocycles. The monoisotopic (exact) mass is 248 g/mol. The predicted molar refractivity (Wildman–Crippen MR) is 64.8 cm³/mol. The molecule has 0 N–H and O–H groups in total. The molecule has 1 aromatic rings. The molecule has 0 unspecified atom stereocenters. The fourth-order valence-corrected chi connectivity index (χ4v) is 1.88. The van der Waals surface area contributed by atoms with Gasteiger partial charge in [0.1, 0.15) is 0 Å². The smallest absolute Gasteiger partial charge is 0.207 e. The van der Waals surface area contributed by atoms with Gasteiger partial charge in [-0.1, -0.05) is 39.3 Å². The van der Waals surface area contributed by atoms with E-state index in [0.717, 1.165) is 18.4 Å². The summed E-state index contributed by atoms with van der Waals surface area (Å²) in [5.74, 6) is 0. The van der Waals surface area contributed by atoms with Crippen molar-refractivity contribution in [2.45, 2.75) is 38.5 Å². The first kappa shape index (κ1) is 14.5. The van der Waals surface area contributed by atoms with E-state index in [9.17, 15) is 8.42 Å². The molecule has 0 atom stereocenters. The van der Waals surface area contributed by atoms with Crippen molar-refractivity contribution in [3.8, 4) is 0 Å². The third kappa shape index (κ3) is 5.19. The van der Waals surface area contributed by atoms with Crippen LogP contribution in [0, 0.1) is 0 Å². The van der Waals surface area contributed by atoms with Crippen molar-refractivity contribution >= 4 is 19.7 Å². The molecule has 0 saturated carbocycles. The normalized spacial score (nSPS) is 10.4. The van der Waals surface area contributed by atoms with Gasteiger partial charge >= 0.3 is 0 Å². The van der Waals surface area contributed by atoms with Crippen LogP contribution in [0.15, 0.2) is 29.2 Å². The van der Waals surface area contributed by atoms with Crippen LogP contribution in [0.1, 0.15) is 32.8 Å². The van der Waals surface area contributed by atoms with Crippen molar-refractivity contribution in [1.29, 1.82) is 0 Å². The summed E-state index contributed by atoms with van der Waals surface area (Å²) in [6, 6.07) is 6.65. The first-order valence-corrected chi connectivity index (χ1v) is 7.38. The van der Waals surface area contributed by atoms with Gasteiger partial charge in [0.25, 0.3) is 9.05 Å². The molecule has 0 fully saturated rings. The van der Waals surface area contributed by atoms with E-state index >= 15 is 0 Å². The minimum absolute atomic E-state index is 0.161. The molecule has 15 heavy (non-hydrogen) atoms. The quantitative estimate of drug-likeness (QED) is 0.766. The van der Waals surface area contributed by atoms with Crippen molar-refractivity contribution in [2.75, 3.05) is 0 Å². The molecule has 0 aliphatic rings. The number of rotatable bonds is 3. The number of halogens is 1. The number of hydrogen-bond acceptors (Lipinski definition) is 2. The Morgan fingerprint density at radius 3 is 1.93 bits per heavy atom. The summed E-state index contributed by atoms with van der Waals surface area (Å²) in [6.07, 6.45) is 2.01. The van der Waals surface area contributed by atoms with Crippen LogP contribution >= 0.6 is 10.7 Å². The molecule has 0 bridgehead atoms. The van der Waals surface area contributed by atoms with Gasteiger partial charge in [-0.05, 0) is 24.1 Å². The zero-order valence-corrected chi connectivity index (χ0v) is 10.9. The summed E-state index contributed by atoms with van der Waals surface area (Å²) in [7, 11) is 1.60. The van der Waals surface area contributed by atoms with E-state index in [4.69, 9.17) is 10.7 Å². The van der Waals surface area contributed by atoms with Gasteiger partial charge in [-0.15, -0.1) is 0 Å². The number of benzene rings is 1. The highest BCUT2D eigenvalue weighted by molar-refractivity contribution is 8.13. The first-order valence-electron chi connectivity index (χ1n) is 5.07. The second kappa shape index (κ2) is 6.85. The summed E-state index contributed by atoms with van der Waals surface area (Å²) >= 11 is 0. The van der Waals surface area contributed by atoms with Crippen molar-refractivity contribution in [2.24, 2.45) is 0 Å². The Bertz CT molecular complexity index is 368. The third-order valence-corrected chi connectivity index (χ3v) is 3.11. The Labute approximate surface area is 96.7 Å². The fourth-order valence-electron chi connectivity index (χ4n) is 1.11. The molecule has 0 spiro atoms. The molecule has 0 aliphatic heterocycles. The van der Waals surface area contributed by atoms with Gasteiger partial charge in [0.15, 0.2) is 0 Å². The lowest BCUT2D eigenvalue weighted by Crippen LogP contribution is -1.91. The SMILES string of the molecule is CC.CCCc1ccc(S(=O)(=O)Cl)cc1. The van der Waals surface area contributed by atoms with E-state index in [1.165, 1.54) is 12.1 Å². The fraction of sp³-hybridized carbons (Fsp3) is 0.455. The van der Waals surface area contributed by atoms with Crippen LogP contribution in [0.4, 0.5) is 0 Å². The lowest BCUT2D eigenvalue weighted by Gasteiger charge is -1.99. The Balaban J connectivity index is 0.000000921. The highest BCUT2D eigenvalue weighted by atomic mass is 35.7. The molecular weight excluding hydrogens is 232 g/mol. The summed E-state index contributed by atoms with van der Waals surface area (Å²) < 4.78 is 21.7. The molecule has 1 aromatic carbocycles. The van der Waals surface area contributed by atoms with E-state index in [0.29, 0.717) is 0 Å². The van der Waals surface area contributed by atoms with Crippen LogP contribution in [-0.2, 0) is 15.5 Å². The second-order valence-electron chi connectivity index (χ2n) is 2.83. The lowest BCUT2D eigenvalue weighted by atomic mass is 10.1. The molecule has 2 nitrogen and oxygen atoms in total. The maximum Gasteiger partial charge on any atom is 0.261 e. The van der Waals surface area contributed by atoms with Crippen molar-refractivity contribution in [3.63, 3.8) is 0 Å². The zero-order chi connectivity index (χ0) is 11.9. The third-order valence-electron chi connectivity index (χ3n) is 1.74. The maximum atomic E-state index is 10.9. The van der Waals surface area contributed by atoms with E-state index in [2.05, 4.69) is 6.92 Å². The highest BCUT2D eigenvalue weighted by Crippen LogP contribution is 2.15. The zero-order valence-electron chi connectivity index (χ0n) is 9.33. The summed E-state index contributed by atoms with van der Waals surface area (Å²) in [6.45, 7) is 6.08. The van der Waals surface area contributed by atoms with E-state index in [-0.39, 0.29) is 4.90 Å². The van der Waals surface area contributed by atoms with Gasteiger partial charge in [-0.2, -0.15) is 0 Å². The maximum absolute atomic E-state index is 10.9. The van der Waals surface area contributed by atoms with Crippen LogP contribution in [0.5, 0.6) is 0 Å². The topological polar surface area (TPSA) is 34.1 Å². The minimum atomic E-state index is -3.56. The van der Waals surface area contributed by atoms with Crippen LogP contribution in [0.25, 0.3) is 0 Å². The van der Waals surface area contributed by atoms with Gasteiger partial charge in [0.05, 0.1) is 4.90 Å². The summed E-state index contributed by atoms with van der Waals surface area (Å²) in [4.78, 5) is 0.161. The van der Waals surface area contributed by atoms with Crippen molar-refractivity contribution in [1.82, 2.24) is 0 Å². The molecule has 0 radical (unpaired) electrons. The second-order valence-corrected chi connectivity index (χ2v) is 5.40. The van der Waals surface area contributed by atoms with Crippen LogP contribution in [0.3, 0.4) is 0 Å². The highest BCUT2D eigenvalue weighted by Gasteiger charge is 2.08.